The molecule has 1 heterocycles. The number of nitrogen functional groups attached to an aromatic ring is 1. The normalized spacial score (nSPS) is 9.09. The summed E-state index contributed by atoms with van der Waals surface area (Å²) in [7, 11) is 1.13. The van der Waals surface area contributed by atoms with E-state index in [0.29, 0.717) is 16.3 Å². The van der Waals surface area contributed by atoms with E-state index in [-0.39, 0.29) is 0 Å². The Hall–Kier alpha value is -0.860. The van der Waals surface area contributed by atoms with Crippen LogP contribution in [0.3, 0.4) is 0 Å². The summed E-state index contributed by atoms with van der Waals surface area (Å²) in [6, 6.07) is 3.53. The quantitative estimate of drug-likeness (QED) is 0.511. The summed E-state index contributed by atoms with van der Waals surface area (Å²) < 4.78 is 0. The van der Waals surface area contributed by atoms with E-state index in [4.69, 9.17) is 11.0 Å². The molecule has 0 bridgehead atoms. The van der Waals surface area contributed by atoms with Crippen molar-refractivity contribution in [2.24, 2.45) is 0 Å². The molecule has 1 aromatic heterocycles. The number of nitrogens with zero attached hydrogens (tertiary/aromatic N) is 2. The molecule has 0 saturated heterocycles. The monoisotopic (exact) mass is 183 g/mol. The molecular weight excluding hydrogens is 178 g/mol. The number of nitrogens with two attached hydrogens (primary N) is 1. The molecule has 1 rings (SSSR count). The number of hydrogen-bond donors (Lipinski definition) is 2. The molecule has 0 aliphatic carbocycles. The lowest BCUT2D eigenvalue weighted by molar-refractivity contribution is 1.14. The SMILES string of the molecule is N#Cc1ccnc(SS)c1N. The molecule has 0 saturated carbocycles. The predicted molar refractivity (Wildman–Crippen MR) is 48.2 cm³/mol. The lowest BCUT2D eigenvalue weighted by atomic mass is 10.2. The molecule has 0 atom stereocenters. The molecule has 0 fully saturated rings. The fourth-order valence-corrected chi connectivity index (χ4v) is 1.38. The number of rotatable bonds is 1. The predicted octanol–water partition coefficient (Wildman–Crippen LogP) is 1.47. The van der Waals surface area contributed by atoms with E-state index in [1.807, 2.05) is 6.07 Å². The van der Waals surface area contributed by atoms with E-state index in [2.05, 4.69) is 16.6 Å². The third-order valence-electron chi connectivity index (χ3n) is 1.16. The highest BCUT2D eigenvalue weighted by Crippen LogP contribution is 2.26. The van der Waals surface area contributed by atoms with Crippen LogP contribution in [-0.4, -0.2) is 4.98 Å². The van der Waals surface area contributed by atoms with Crippen molar-refractivity contribution in [3.8, 4) is 6.07 Å². The van der Waals surface area contributed by atoms with Gasteiger partial charge in [-0.3, -0.25) is 0 Å². The third-order valence-corrected chi connectivity index (χ3v) is 2.18. The topological polar surface area (TPSA) is 62.7 Å². The molecule has 3 nitrogen and oxygen atoms in total. The van der Waals surface area contributed by atoms with Crippen LogP contribution in [0.4, 0.5) is 5.69 Å². The van der Waals surface area contributed by atoms with Crippen LogP contribution in [0.1, 0.15) is 5.56 Å². The summed E-state index contributed by atoms with van der Waals surface area (Å²) >= 11 is 3.93. The number of nitriles is 1. The molecule has 0 aromatic carbocycles. The van der Waals surface area contributed by atoms with Gasteiger partial charge in [-0.2, -0.15) is 5.26 Å². The zero-order valence-electron chi connectivity index (χ0n) is 5.48. The van der Waals surface area contributed by atoms with Gasteiger partial charge >= 0.3 is 0 Å². The van der Waals surface area contributed by atoms with Gasteiger partial charge in [-0.25, -0.2) is 4.98 Å². The number of thiol groups is 1. The van der Waals surface area contributed by atoms with Gasteiger partial charge in [-0.05, 0) is 16.9 Å². The van der Waals surface area contributed by atoms with Gasteiger partial charge in [0.2, 0.25) is 0 Å². The number of hydrogen-bond acceptors (Lipinski definition) is 5. The third kappa shape index (κ3) is 1.59. The van der Waals surface area contributed by atoms with E-state index in [0.717, 1.165) is 10.8 Å². The van der Waals surface area contributed by atoms with Crippen molar-refractivity contribution >= 4 is 28.1 Å². The van der Waals surface area contributed by atoms with Crippen molar-refractivity contribution in [3.05, 3.63) is 17.8 Å². The van der Waals surface area contributed by atoms with E-state index < -0.39 is 0 Å². The Bertz CT molecular complexity index is 305. The number of pyridine rings is 1. The van der Waals surface area contributed by atoms with Crippen molar-refractivity contribution < 1.29 is 0 Å². The molecule has 0 unspecified atom stereocenters. The summed E-state index contributed by atoms with van der Waals surface area (Å²) in [6.07, 6.45) is 1.54. The second-order valence-electron chi connectivity index (χ2n) is 1.78. The molecule has 0 amide bonds. The van der Waals surface area contributed by atoms with E-state index in [9.17, 15) is 0 Å². The first kappa shape index (κ1) is 8.24. The van der Waals surface area contributed by atoms with E-state index in [1.165, 1.54) is 6.20 Å². The standard InChI is InChI=1S/C6H5N3S2/c7-3-4-1-2-9-6(11-10)5(4)8/h1-2,10H,8H2. The first-order chi connectivity index (χ1) is 5.29. The van der Waals surface area contributed by atoms with E-state index >= 15 is 0 Å². The average molecular weight is 183 g/mol. The fourth-order valence-electron chi connectivity index (χ4n) is 0.624. The van der Waals surface area contributed by atoms with Crippen LogP contribution in [0.15, 0.2) is 17.3 Å². The molecule has 0 aliphatic rings. The maximum absolute atomic E-state index is 8.55. The van der Waals surface area contributed by atoms with Crippen LogP contribution in [-0.2, 0) is 0 Å². The maximum Gasteiger partial charge on any atom is 0.131 e. The van der Waals surface area contributed by atoms with Crippen LogP contribution >= 0.6 is 22.5 Å². The zero-order chi connectivity index (χ0) is 8.27. The number of aromatic nitrogens is 1. The van der Waals surface area contributed by atoms with Gasteiger partial charge in [-0.15, -0.1) is 11.7 Å². The molecule has 11 heavy (non-hydrogen) atoms. The lowest BCUT2D eigenvalue weighted by Gasteiger charge is -1.99. The summed E-state index contributed by atoms with van der Waals surface area (Å²) in [4.78, 5) is 3.92. The molecule has 0 aliphatic heterocycles. The molecule has 2 N–H and O–H groups in total. The lowest BCUT2D eigenvalue weighted by Crippen LogP contribution is -1.94. The van der Waals surface area contributed by atoms with Crippen molar-refractivity contribution in [3.63, 3.8) is 0 Å². The molecular formula is C6H5N3S2. The molecule has 0 radical (unpaired) electrons. The Morgan fingerprint density at radius 1 is 1.73 bits per heavy atom. The Balaban J connectivity index is 3.23. The zero-order valence-corrected chi connectivity index (χ0v) is 7.19. The fraction of sp³-hybridized carbons (Fsp3) is 0. The smallest absolute Gasteiger partial charge is 0.131 e. The summed E-state index contributed by atoms with van der Waals surface area (Å²) in [5.74, 6) is 0. The minimum Gasteiger partial charge on any atom is -0.395 e. The van der Waals surface area contributed by atoms with Crippen LogP contribution in [0.5, 0.6) is 0 Å². The van der Waals surface area contributed by atoms with Crippen molar-refractivity contribution in [2.45, 2.75) is 5.03 Å². The number of anilines is 1. The highest BCUT2D eigenvalue weighted by Gasteiger charge is 2.03. The summed E-state index contributed by atoms with van der Waals surface area (Å²) in [5, 5.41) is 9.12. The van der Waals surface area contributed by atoms with Crippen LogP contribution in [0.25, 0.3) is 0 Å². The molecule has 5 heteroatoms. The summed E-state index contributed by atoms with van der Waals surface area (Å²) in [5.41, 5.74) is 6.39. The van der Waals surface area contributed by atoms with Crippen LogP contribution < -0.4 is 5.73 Å². The molecule has 56 valence electrons. The Morgan fingerprint density at radius 2 is 2.45 bits per heavy atom. The second-order valence-corrected chi connectivity index (χ2v) is 2.90. The minimum absolute atomic E-state index is 0.398. The van der Waals surface area contributed by atoms with Crippen LogP contribution in [0, 0.1) is 11.3 Å². The Kier molecular flexibility index (Phi) is 2.63. The first-order valence-electron chi connectivity index (χ1n) is 2.75. The Labute approximate surface area is 73.4 Å². The maximum atomic E-state index is 8.55. The van der Waals surface area contributed by atoms with Crippen molar-refractivity contribution in [1.82, 2.24) is 4.98 Å². The highest BCUT2D eigenvalue weighted by molar-refractivity contribution is 8.68. The van der Waals surface area contributed by atoms with Gasteiger partial charge in [0.25, 0.3) is 0 Å². The van der Waals surface area contributed by atoms with Gasteiger partial charge in [0.05, 0.1) is 11.3 Å². The highest BCUT2D eigenvalue weighted by atomic mass is 33.1. The molecule has 1 aromatic rings. The Morgan fingerprint density at radius 3 is 3.00 bits per heavy atom. The van der Waals surface area contributed by atoms with Gasteiger partial charge < -0.3 is 5.73 Å². The first-order valence-corrected chi connectivity index (χ1v) is 4.62. The van der Waals surface area contributed by atoms with Crippen molar-refractivity contribution in [1.29, 1.82) is 5.26 Å². The van der Waals surface area contributed by atoms with E-state index in [1.54, 1.807) is 6.07 Å². The van der Waals surface area contributed by atoms with Gasteiger partial charge in [0.15, 0.2) is 0 Å². The van der Waals surface area contributed by atoms with Gasteiger partial charge in [-0.1, -0.05) is 0 Å². The van der Waals surface area contributed by atoms with Crippen molar-refractivity contribution in [2.75, 3.05) is 5.73 Å². The second kappa shape index (κ2) is 3.51. The molecule has 0 spiro atoms. The van der Waals surface area contributed by atoms with Crippen LogP contribution in [0.2, 0.25) is 0 Å². The largest absolute Gasteiger partial charge is 0.395 e. The summed E-state index contributed by atoms with van der Waals surface area (Å²) in [6.45, 7) is 0. The van der Waals surface area contributed by atoms with Gasteiger partial charge in [0.1, 0.15) is 11.1 Å². The van der Waals surface area contributed by atoms with Gasteiger partial charge in [0, 0.05) is 6.20 Å². The minimum atomic E-state index is 0.398. The average Bonchev–Trinajstić information content (AvgIpc) is 2.05.